The summed E-state index contributed by atoms with van der Waals surface area (Å²) in [6, 6.07) is 19.1. The van der Waals surface area contributed by atoms with Gasteiger partial charge in [0.25, 0.3) is 5.91 Å². The number of anilines is 2. The van der Waals surface area contributed by atoms with Crippen molar-refractivity contribution in [3.05, 3.63) is 83.7 Å². The third-order valence-electron chi connectivity index (χ3n) is 4.59. The molecule has 1 N–H and O–H groups in total. The zero-order valence-corrected chi connectivity index (χ0v) is 14.6. The van der Waals surface area contributed by atoms with Gasteiger partial charge in [-0.2, -0.15) is 0 Å². The number of rotatable bonds is 4. The number of hydrogen-bond acceptors (Lipinski definition) is 4. The molecule has 0 saturated carbocycles. The van der Waals surface area contributed by atoms with Gasteiger partial charge < -0.3 is 10.1 Å². The van der Waals surface area contributed by atoms with Crippen LogP contribution < -0.4 is 15.0 Å². The Kier molecular flexibility index (Phi) is 4.05. The van der Waals surface area contributed by atoms with Crippen LogP contribution in [-0.4, -0.2) is 18.0 Å². The van der Waals surface area contributed by atoms with Crippen molar-refractivity contribution in [1.82, 2.24) is 4.98 Å². The maximum atomic E-state index is 13.1. The number of nitrogens with one attached hydrogen (secondary N) is 1. The zero-order chi connectivity index (χ0) is 18.1. The van der Waals surface area contributed by atoms with Gasteiger partial charge in [0, 0.05) is 17.6 Å². The SMILES string of the molecule is COc1ccc(N2C(=O)c3cccnc3[C@@H]2Nc2ccccc2C)cc1. The molecular weight excluding hydrogens is 326 g/mol. The summed E-state index contributed by atoms with van der Waals surface area (Å²) in [5.74, 6) is 0.684. The minimum Gasteiger partial charge on any atom is -0.497 e. The molecule has 0 bridgehead atoms. The van der Waals surface area contributed by atoms with Crippen molar-refractivity contribution in [1.29, 1.82) is 0 Å². The van der Waals surface area contributed by atoms with Crippen molar-refractivity contribution in [3.8, 4) is 5.75 Å². The second-order valence-electron chi connectivity index (χ2n) is 6.17. The predicted molar refractivity (Wildman–Crippen MR) is 102 cm³/mol. The van der Waals surface area contributed by atoms with Crippen LogP contribution in [0.15, 0.2) is 66.9 Å². The topological polar surface area (TPSA) is 54.5 Å². The Morgan fingerprint density at radius 2 is 1.81 bits per heavy atom. The number of carbonyl (C=O) groups is 1. The molecule has 0 aliphatic carbocycles. The summed E-state index contributed by atoms with van der Waals surface area (Å²) in [5.41, 5.74) is 4.23. The molecular formula is C21H19N3O2. The van der Waals surface area contributed by atoms with E-state index in [1.54, 1.807) is 24.3 Å². The molecule has 1 aliphatic heterocycles. The number of amides is 1. The lowest BCUT2D eigenvalue weighted by molar-refractivity contribution is 0.0993. The van der Waals surface area contributed by atoms with E-state index < -0.39 is 0 Å². The maximum Gasteiger partial charge on any atom is 0.262 e. The summed E-state index contributed by atoms with van der Waals surface area (Å²) in [6.07, 6.45) is 1.35. The summed E-state index contributed by atoms with van der Waals surface area (Å²) >= 11 is 0. The van der Waals surface area contributed by atoms with Gasteiger partial charge in [0.05, 0.1) is 18.4 Å². The highest BCUT2D eigenvalue weighted by Gasteiger charge is 2.39. The fourth-order valence-corrected chi connectivity index (χ4v) is 3.21. The highest BCUT2D eigenvalue weighted by molar-refractivity contribution is 6.11. The van der Waals surface area contributed by atoms with Gasteiger partial charge in [-0.25, -0.2) is 0 Å². The molecule has 26 heavy (non-hydrogen) atoms. The molecule has 0 unspecified atom stereocenters. The van der Waals surface area contributed by atoms with Crippen molar-refractivity contribution < 1.29 is 9.53 Å². The number of methoxy groups -OCH3 is 1. The molecule has 3 aromatic rings. The number of benzene rings is 2. The number of aromatic nitrogens is 1. The lowest BCUT2D eigenvalue weighted by Gasteiger charge is -2.27. The highest BCUT2D eigenvalue weighted by atomic mass is 16.5. The molecule has 0 radical (unpaired) electrons. The molecule has 2 aromatic carbocycles. The minimum absolute atomic E-state index is 0.0654. The fraction of sp³-hybridized carbons (Fsp3) is 0.143. The van der Waals surface area contributed by atoms with E-state index in [9.17, 15) is 4.79 Å². The molecule has 4 rings (SSSR count). The quantitative estimate of drug-likeness (QED) is 0.771. The molecule has 1 atom stereocenters. The predicted octanol–water partition coefficient (Wildman–Crippen LogP) is 4.17. The van der Waals surface area contributed by atoms with Crippen LogP contribution in [0.25, 0.3) is 0 Å². The van der Waals surface area contributed by atoms with Crippen LogP contribution in [0.3, 0.4) is 0 Å². The van der Waals surface area contributed by atoms with Crippen LogP contribution in [0.5, 0.6) is 5.75 Å². The first-order valence-electron chi connectivity index (χ1n) is 8.44. The summed E-state index contributed by atoms with van der Waals surface area (Å²) in [5, 5.41) is 3.48. The number of fused-ring (bicyclic) bond motifs is 1. The van der Waals surface area contributed by atoms with Gasteiger partial charge in [-0.1, -0.05) is 18.2 Å². The van der Waals surface area contributed by atoms with E-state index in [0.717, 1.165) is 28.4 Å². The molecule has 130 valence electrons. The number of aryl methyl sites for hydroxylation is 1. The standard InChI is InChI=1S/C21H19N3O2/c1-14-6-3-4-8-18(14)23-20-19-17(7-5-13-22-19)21(25)24(20)15-9-11-16(26-2)12-10-15/h3-13,20,23H,1-2H3/t20-/m1/s1. The molecule has 0 fully saturated rings. The maximum absolute atomic E-state index is 13.1. The first-order valence-corrected chi connectivity index (χ1v) is 8.44. The van der Waals surface area contributed by atoms with Crippen molar-refractivity contribution >= 4 is 17.3 Å². The number of ether oxygens (including phenoxy) is 1. The largest absolute Gasteiger partial charge is 0.497 e. The molecule has 2 heterocycles. The van der Waals surface area contributed by atoms with Gasteiger partial charge in [-0.15, -0.1) is 0 Å². The smallest absolute Gasteiger partial charge is 0.262 e. The monoisotopic (exact) mass is 345 g/mol. The van der Waals surface area contributed by atoms with Crippen LogP contribution in [0.4, 0.5) is 11.4 Å². The second kappa shape index (κ2) is 6.52. The first-order chi connectivity index (χ1) is 12.7. The number of nitrogens with zero attached hydrogens (tertiary/aromatic N) is 2. The Morgan fingerprint density at radius 1 is 1.04 bits per heavy atom. The Morgan fingerprint density at radius 3 is 2.54 bits per heavy atom. The Labute approximate surface area is 152 Å². The van der Waals surface area contributed by atoms with Crippen molar-refractivity contribution in [2.24, 2.45) is 0 Å². The average molecular weight is 345 g/mol. The third kappa shape index (κ3) is 2.67. The summed E-state index contributed by atoms with van der Waals surface area (Å²) in [4.78, 5) is 19.3. The van der Waals surface area contributed by atoms with Crippen molar-refractivity contribution in [2.45, 2.75) is 13.1 Å². The Hall–Kier alpha value is -3.34. The fourth-order valence-electron chi connectivity index (χ4n) is 3.21. The number of hydrogen-bond donors (Lipinski definition) is 1. The number of para-hydroxylation sites is 1. The zero-order valence-electron chi connectivity index (χ0n) is 14.6. The number of carbonyl (C=O) groups excluding carboxylic acids is 1. The van der Waals surface area contributed by atoms with Crippen molar-refractivity contribution in [3.63, 3.8) is 0 Å². The molecule has 1 amide bonds. The van der Waals surface area contributed by atoms with Crippen LogP contribution in [0.2, 0.25) is 0 Å². The molecule has 5 heteroatoms. The van der Waals surface area contributed by atoms with Gasteiger partial charge in [-0.3, -0.25) is 14.7 Å². The van der Waals surface area contributed by atoms with Gasteiger partial charge in [0.2, 0.25) is 0 Å². The van der Waals surface area contributed by atoms with Gasteiger partial charge in [-0.05, 0) is 55.0 Å². The minimum atomic E-state index is -0.367. The van der Waals surface area contributed by atoms with E-state index in [1.165, 1.54) is 0 Å². The Bertz CT molecular complexity index is 953. The van der Waals surface area contributed by atoms with E-state index in [0.29, 0.717) is 5.56 Å². The molecule has 1 aromatic heterocycles. The van der Waals surface area contributed by atoms with E-state index in [4.69, 9.17) is 4.74 Å². The van der Waals surface area contributed by atoms with Crippen LogP contribution in [0, 0.1) is 6.92 Å². The van der Waals surface area contributed by atoms with Crippen LogP contribution >= 0.6 is 0 Å². The highest BCUT2D eigenvalue weighted by Crippen LogP contribution is 2.37. The molecule has 1 aliphatic rings. The van der Waals surface area contributed by atoms with Crippen molar-refractivity contribution in [2.75, 3.05) is 17.3 Å². The summed E-state index contributed by atoms with van der Waals surface area (Å²) in [7, 11) is 1.62. The lowest BCUT2D eigenvalue weighted by Crippen LogP contribution is -2.32. The molecule has 5 nitrogen and oxygen atoms in total. The van der Waals surface area contributed by atoms with Crippen LogP contribution in [0.1, 0.15) is 27.8 Å². The van der Waals surface area contributed by atoms with Gasteiger partial charge in [0.1, 0.15) is 5.75 Å². The second-order valence-corrected chi connectivity index (χ2v) is 6.17. The van der Waals surface area contributed by atoms with E-state index in [2.05, 4.69) is 10.3 Å². The molecule has 0 spiro atoms. The summed E-state index contributed by atoms with van der Waals surface area (Å²) < 4.78 is 5.23. The van der Waals surface area contributed by atoms with E-state index in [-0.39, 0.29) is 12.1 Å². The normalized spacial score (nSPS) is 15.7. The first kappa shape index (κ1) is 16.1. The van der Waals surface area contributed by atoms with Gasteiger partial charge >= 0.3 is 0 Å². The van der Waals surface area contributed by atoms with Crippen LogP contribution in [-0.2, 0) is 0 Å². The van der Waals surface area contributed by atoms with E-state index >= 15 is 0 Å². The average Bonchev–Trinajstić information content (AvgIpc) is 2.96. The van der Waals surface area contributed by atoms with Gasteiger partial charge in [0.15, 0.2) is 6.17 Å². The third-order valence-corrected chi connectivity index (χ3v) is 4.59. The lowest BCUT2D eigenvalue weighted by atomic mass is 10.1. The number of pyridine rings is 1. The molecule has 0 saturated heterocycles. The summed E-state index contributed by atoms with van der Waals surface area (Å²) in [6.45, 7) is 2.04. The Balaban J connectivity index is 1.78. The van der Waals surface area contributed by atoms with E-state index in [1.807, 2.05) is 61.5 Å².